The van der Waals surface area contributed by atoms with Gasteiger partial charge in [-0.1, -0.05) is 11.2 Å². The fourth-order valence-electron chi connectivity index (χ4n) is 4.05. The standard InChI is InChI=1S/C21H21N5O3/c1-22-19(27)13-11-15(12-7-8-12)24-20-17(13)18(25-29-20)16-6-4-10-26(16)21(28)14-5-2-3-9-23-14/h2-3,5,9,11-12,16H,4,6-8,10H2,1H3,(H,22,27). The molecule has 0 spiro atoms. The smallest absolute Gasteiger partial charge is 0.273 e. The van der Waals surface area contributed by atoms with Gasteiger partial charge in [-0.25, -0.2) is 4.98 Å². The Morgan fingerprint density at radius 3 is 2.83 bits per heavy atom. The van der Waals surface area contributed by atoms with Gasteiger partial charge in [0.15, 0.2) is 0 Å². The summed E-state index contributed by atoms with van der Waals surface area (Å²) in [6.45, 7) is 0.608. The van der Waals surface area contributed by atoms with Crippen molar-refractivity contribution in [3.8, 4) is 0 Å². The topological polar surface area (TPSA) is 101 Å². The highest BCUT2D eigenvalue weighted by atomic mass is 16.5. The van der Waals surface area contributed by atoms with Crippen molar-refractivity contribution >= 4 is 22.9 Å². The van der Waals surface area contributed by atoms with Crippen LogP contribution in [0.25, 0.3) is 11.1 Å². The molecule has 1 unspecified atom stereocenters. The Morgan fingerprint density at radius 2 is 2.10 bits per heavy atom. The average molecular weight is 391 g/mol. The molecule has 1 saturated carbocycles. The van der Waals surface area contributed by atoms with E-state index in [1.54, 1.807) is 36.3 Å². The number of nitrogens with one attached hydrogen (secondary N) is 1. The molecule has 1 atom stereocenters. The molecular formula is C21H21N5O3. The van der Waals surface area contributed by atoms with Gasteiger partial charge in [-0.15, -0.1) is 0 Å². The minimum Gasteiger partial charge on any atom is -0.355 e. The third-order valence-corrected chi connectivity index (χ3v) is 5.67. The lowest BCUT2D eigenvalue weighted by molar-refractivity contribution is 0.0725. The van der Waals surface area contributed by atoms with Crippen LogP contribution < -0.4 is 5.32 Å². The predicted molar refractivity (Wildman–Crippen MR) is 104 cm³/mol. The van der Waals surface area contributed by atoms with Gasteiger partial charge in [0.25, 0.3) is 17.5 Å². The molecule has 8 nitrogen and oxygen atoms in total. The second kappa shape index (κ2) is 6.95. The summed E-state index contributed by atoms with van der Waals surface area (Å²) < 4.78 is 5.55. The van der Waals surface area contributed by atoms with Crippen LogP contribution in [0.5, 0.6) is 0 Å². The lowest BCUT2D eigenvalue weighted by Crippen LogP contribution is -2.31. The van der Waals surface area contributed by atoms with Crippen LogP contribution in [-0.2, 0) is 0 Å². The Morgan fingerprint density at radius 1 is 1.24 bits per heavy atom. The van der Waals surface area contributed by atoms with Crippen molar-refractivity contribution in [2.45, 2.75) is 37.6 Å². The first-order valence-electron chi connectivity index (χ1n) is 9.91. The Hall–Kier alpha value is -3.29. The van der Waals surface area contributed by atoms with Crippen molar-refractivity contribution in [3.05, 3.63) is 53.1 Å². The van der Waals surface area contributed by atoms with Crippen LogP contribution in [0.4, 0.5) is 0 Å². The number of pyridine rings is 2. The summed E-state index contributed by atoms with van der Waals surface area (Å²) in [6.07, 6.45) is 5.35. The van der Waals surface area contributed by atoms with Gasteiger partial charge in [0, 0.05) is 31.4 Å². The molecule has 3 aromatic heterocycles. The summed E-state index contributed by atoms with van der Waals surface area (Å²) in [7, 11) is 1.60. The minimum absolute atomic E-state index is 0.145. The van der Waals surface area contributed by atoms with E-state index in [1.165, 1.54) is 0 Å². The second-order valence-corrected chi connectivity index (χ2v) is 7.57. The van der Waals surface area contributed by atoms with Gasteiger partial charge in [0.1, 0.15) is 11.4 Å². The molecular weight excluding hydrogens is 370 g/mol. The van der Waals surface area contributed by atoms with Gasteiger partial charge in [-0.3, -0.25) is 14.6 Å². The highest BCUT2D eigenvalue weighted by Crippen LogP contribution is 2.42. The first-order chi connectivity index (χ1) is 14.2. The van der Waals surface area contributed by atoms with Crippen LogP contribution in [0, 0.1) is 0 Å². The van der Waals surface area contributed by atoms with Gasteiger partial charge < -0.3 is 14.7 Å². The normalized spacial score (nSPS) is 18.9. The van der Waals surface area contributed by atoms with Gasteiger partial charge in [-0.2, -0.15) is 0 Å². The maximum atomic E-state index is 13.0. The Balaban J connectivity index is 1.59. The van der Waals surface area contributed by atoms with E-state index >= 15 is 0 Å². The number of likely N-dealkylation sites (tertiary alicyclic amines) is 1. The number of carbonyl (C=O) groups is 2. The molecule has 4 heterocycles. The molecule has 1 aliphatic carbocycles. The highest BCUT2D eigenvalue weighted by molar-refractivity contribution is 6.06. The third kappa shape index (κ3) is 3.04. The molecule has 0 aromatic carbocycles. The third-order valence-electron chi connectivity index (χ3n) is 5.67. The maximum Gasteiger partial charge on any atom is 0.273 e. The lowest BCUT2D eigenvalue weighted by atomic mass is 10.0. The van der Waals surface area contributed by atoms with Gasteiger partial charge in [0.05, 0.1) is 17.0 Å². The summed E-state index contributed by atoms with van der Waals surface area (Å²) >= 11 is 0. The number of nitrogens with zero attached hydrogens (tertiary/aromatic N) is 4. The number of aromatic nitrogens is 3. The van der Waals surface area contributed by atoms with Gasteiger partial charge >= 0.3 is 0 Å². The number of fused-ring (bicyclic) bond motifs is 1. The largest absolute Gasteiger partial charge is 0.355 e. The zero-order valence-electron chi connectivity index (χ0n) is 16.1. The average Bonchev–Trinajstić information content (AvgIpc) is 3.35. The summed E-state index contributed by atoms with van der Waals surface area (Å²) in [5, 5.41) is 7.57. The van der Waals surface area contributed by atoms with E-state index in [9.17, 15) is 9.59 Å². The quantitative estimate of drug-likeness (QED) is 0.734. The van der Waals surface area contributed by atoms with Crippen molar-refractivity contribution < 1.29 is 14.1 Å². The molecule has 0 bridgehead atoms. The van der Waals surface area contributed by atoms with Crippen molar-refractivity contribution in [3.63, 3.8) is 0 Å². The molecule has 2 aliphatic rings. The molecule has 29 heavy (non-hydrogen) atoms. The Labute approximate surface area is 167 Å². The monoisotopic (exact) mass is 391 g/mol. The molecule has 0 radical (unpaired) electrons. The maximum absolute atomic E-state index is 13.0. The minimum atomic E-state index is -0.275. The first kappa shape index (κ1) is 17.8. The summed E-state index contributed by atoms with van der Waals surface area (Å²) in [5.41, 5.74) is 2.72. The highest BCUT2D eigenvalue weighted by Gasteiger charge is 2.36. The Bertz CT molecular complexity index is 1090. The van der Waals surface area contributed by atoms with Gasteiger partial charge in [0.2, 0.25) is 0 Å². The van der Waals surface area contributed by atoms with Crippen LogP contribution in [0.2, 0.25) is 0 Å². The fraction of sp³-hybridized carbons (Fsp3) is 0.381. The van der Waals surface area contributed by atoms with E-state index in [0.717, 1.165) is 31.4 Å². The summed E-state index contributed by atoms with van der Waals surface area (Å²) in [6, 6.07) is 6.85. The van der Waals surface area contributed by atoms with Crippen molar-refractivity contribution in [2.24, 2.45) is 0 Å². The molecule has 2 fully saturated rings. The zero-order valence-corrected chi connectivity index (χ0v) is 16.1. The predicted octanol–water partition coefficient (Wildman–Crippen LogP) is 2.83. The fourth-order valence-corrected chi connectivity index (χ4v) is 4.05. The number of rotatable bonds is 4. The summed E-state index contributed by atoms with van der Waals surface area (Å²) in [5.74, 6) is 0.0303. The zero-order chi connectivity index (χ0) is 20.0. The van der Waals surface area contributed by atoms with Crippen LogP contribution in [0.1, 0.15) is 69.9 Å². The van der Waals surface area contributed by atoms with E-state index in [2.05, 4.69) is 20.4 Å². The van der Waals surface area contributed by atoms with E-state index < -0.39 is 0 Å². The molecule has 1 saturated heterocycles. The van der Waals surface area contributed by atoms with E-state index in [4.69, 9.17) is 4.52 Å². The van der Waals surface area contributed by atoms with E-state index in [1.807, 2.05) is 6.07 Å². The van der Waals surface area contributed by atoms with Crippen LogP contribution >= 0.6 is 0 Å². The van der Waals surface area contributed by atoms with Crippen molar-refractivity contribution in [2.75, 3.05) is 13.6 Å². The first-order valence-corrected chi connectivity index (χ1v) is 9.91. The van der Waals surface area contributed by atoms with Crippen molar-refractivity contribution in [1.29, 1.82) is 0 Å². The van der Waals surface area contributed by atoms with Crippen molar-refractivity contribution in [1.82, 2.24) is 25.3 Å². The lowest BCUT2D eigenvalue weighted by Gasteiger charge is -2.23. The molecule has 3 aromatic rings. The molecule has 148 valence electrons. The van der Waals surface area contributed by atoms with E-state index in [0.29, 0.717) is 40.5 Å². The number of amides is 2. The number of carbonyl (C=O) groups excluding carboxylic acids is 2. The van der Waals surface area contributed by atoms with Crippen LogP contribution in [-0.4, -0.2) is 45.4 Å². The second-order valence-electron chi connectivity index (χ2n) is 7.57. The molecule has 2 amide bonds. The molecule has 5 rings (SSSR count). The van der Waals surface area contributed by atoms with Crippen LogP contribution in [0.15, 0.2) is 35.0 Å². The molecule has 8 heteroatoms. The van der Waals surface area contributed by atoms with Crippen LogP contribution in [0.3, 0.4) is 0 Å². The SMILES string of the molecule is CNC(=O)c1cc(C2CC2)nc2onc(C3CCCN3C(=O)c3ccccn3)c12. The van der Waals surface area contributed by atoms with Gasteiger partial charge in [-0.05, 0) is 43.9 Å². The molecule has 1 aliphatic heterocycles. The van der Waals surface area contributed by atoms with E-state index in [-0.39, 0.29) is 17.9 Å². The Kier molecular flexibility index (Phi) is 4.26. The number of hydrogen-bond donors (Lipinski definition) is 1. The summed E-state index contributed by atoms with van der Waals surface area (Å²) in [4.78, 5) is 36.2. The molecule has 1 N–H and O–H groups in total. The number of hydrogen-bond acceptors (Lipinski definition) is 6.